The zero-order valence-corrected chi connectivity index (χ0v) is 16.4. The van der Waals surface area contributed by atoms with Crippen LogP contribution in [0.4, 0.5) is 4.39 Å². The van der Waals surface area contributed by atoms with Gasteiger partial charge < -0.3 is 14.6 Å². The first kappa shape index (κ1) is 18.7. The highest BCUT2D eigenvalue weighted by molar-refractivity contribution is 5.85. The van der Waals surface area contributed by atoms with Gasteiger partial charge in [0, 0.05) is 23.2 Å². The second-order valence-electron chi connectivity index (χ2n) is 6.75. The fraction of sp³-hybridized carbons (Fsp3) is 0.0909. The van der Waals surface area contributed by atoms with E-state index in [4.69, 9.17) is 9.47 Å². The molecule has 0 radical (unpaired) electrons. The molecule has 9 heteroatoms. The number of hydrogen-bond donors (Lipinski definition) is 1. The summed E-state index contributed by atoms with van der Waals surface area (Å²) >= 11 is 0. The lowest BCUT2D eigenvalue weighted by molar-refractivity contribution is 0.296. The number of fused-ring (bicyclic) bond motifs is 2. The van der Waals surface area contributed by atoms with E-state index in [0.29, 0.717) is 34.2 Å². The summed E-state index contributed by atoms with van der Waals surface area (Å²) in [4.78, 5) is 4.35. The van der Waals surface area contributed by atoms with Crippen molar-refractivity contribution in [2.45, 2.75) is 6.61 Å². The van der Waals surface area contributed by atoms with Crippen LogP contribution in [-0.4, -0.2) is 37.0 Å². The van der Waals surface area contributed by atoms with Crippen LogP contribution in [0.25, 0.3) is 27.8 Å². The minimum Gasteiger partial charge on any atom is -0.505 e. The van der Waals surface area contributed by atoms with E-state index in [-0.39, 0.29) is 6.61 Å². The first-order chi connectivity index (χ1) is 15.1. The maximum Gasteiger partial charge on any atom is 0.192 e. The summed E-state index contributed by atoms with van der Waals surface area (Å²) in [6.07, 6.45) is 1.66. The number of halogens is 1. The van der Waals surface area contributed by atoms with Crippen molar-refractivity contribution in [3.05, 3.63) is 72.4 Å². The molecule has 31 heavy (non-hydrogen) atoms. The summed E-state index contributed by atoms with van der Waals surface area (Å²) in [5.41, 5.74) is 2.31. The van der Waals surface area contributed by atoms with Gasteiger partial charge in [0.1, 0.15) is 18.1 Å². The van der Waals surface area contributed by atoms with E-state index in [1.807, 2.05) is 18.2 Å². The molecule has 154 valence electrons. The summed E-state index contributed by atoms with van der Waals surface area (Å²) in [6, 6.07) is 14.9. The first-order valence-electron chi connectivity index (χ1n) is 9.38. The van der Waals surface area contributed by atoms with E-state index in [0.717, 1.165) is 10.9 Å². The lowest BCUT2D eigenvalue weighted by atomic mass is 10.1. The SMILES string of the molecule is COc1ccc2c(OCc3nnc4ccc(-c5ccc(O)c(F)c5)nn34)ccnc2c1. The maximum atomic E-state index is 13.7. The first-order valence-corrected chi connectivity index (χ1v) is 9.38. The van der Waals surface area contributed by atoms with Crippen molar-refractivity contribution in [1.29, 1.82) is 0 Å². The van der Waals surface area contributed by atoms with Gasteiger partial charge in [-0.3, -0.25) is 4.98 Å². The van der Waals surface area contributed by atoms with E-state index >= 15 is 0 Å². The van der Waals surface area contributed by atoms with Crippen LogP contribution in [0, 0.1) is 5.82 Å². The second-order valence-corrected chi connectivity index (χ2v) is 6.75. The molecule has 0 bridgehead atoms. The van der Waals surface area contributed by atoms with E-state index < -0.39 is 11.6 Å². The van der Waals surface area contributed by atoms with Crippen LogP contribution < -0.4 is 9.47 Å². The zero-order chi connectivity index (χ0) is 21.4. The van der Waals surface area contributed by atoms with Crippen molar-refractivity contribution < 1.29 is 19.0 Å². The fourth-order valence-corrected chi connectivity index (χ4v) is 3.24. The molecule has 0 amide bonds. The molecule has 0 saturated heterocycles. The molecular weight excluding hydrogens is 401 g/mol. The summed E-state index contributed by atoms with van der Waals surface area (Å²) in [7, 11) is 1.60. The minimum absolute atomic E-state index is 0.118. The molecule has 0 spiro atoms. The summed E-state index contributed by atoms with van der Waals surface area (Å²) in [6.45, 7) is 0.118. The zero-order valence-electron chi connectivity index (χ0n) is 16.4. The lowest BCUT2D eigenvalue weighted by Gasteiger charge is -2.09. The highest BCUT2D eigenvalue weighted by Crippen LogP contribution is 2.28. The van der Waals surface area contributed by atoms with Crippen LogP contribution in [0.3, 0.4) is 0 Å². The number of aromatic nitrogens is 5. The van der Waals surface area contributed by atoms with Crippen molar-refractivity contribution in [3.8, 4) is 28.5 Å². The van der Waals surface area contributed by atoms with Crippen LogP contribution in [0.2, 0.25) is 0 Å². The number of hydrogen-bond acceptors (Lipinski definition) is 7. The molecule has 0 aliphatic carbocycles. The van der Waals surface area contributed by atoms with Crippen molar-refractivity contribution in [2.24, 2.45) is 0 Å². The quantitative estimate of drug-likeness (QED) is 0.465. The minimum atomic E-state index is -0.715. The molecule has 3 heterocycles. The molecule has 0 aliphatic rings. The third-order valence-electron chi connectivity index (χ3n) is 4.84. The molecule has 2 aromatic carbocycles. The van der Waals surface area contributed by atoms with Gasteiger partial charge in [-0.05, 0) is 48.5 Å². The molecule has 0 unspecified atom stereocenters. The third kappa shape index (κ3) is 3.46. The van der Waals surface area contributed by atoms with Crippen LogP contribution in [0.15, 0.2) is 60.8 Å². The second kappa shape index (κ2) is 7.52. The highest BCUT2D eigenvalue weighted by atomic mass is 19.1. The van der Waals surface area contributed by atoms with Crippen LogP contribution in [-0.2, 0) is 6.61 Å². The van der Waals surface area contributed by atoms with E-state index in [1.165, 1.54) is 12.1 Å². The molecule has 1 N–H and O–H groups in total. The summed E-state index contributed by atoms with van der Waals surface area (Å²) in [5, 5.41) is 23.0. The average molecular weight is 417 g/mol. The van der Waals surface area contributed by atoms with Gasteiger partial charge >= 0.3 is 0 Å². The molecule has 3 aromatic heterocycles. The van der Waals surface area contributed by atoms with Crippen molar-refractivity contribution >= 4 is 16.6 Å². The highest BCUT2D eigenvalue weighted by Gasteiger charge is 2.12. The van der Waals surface area contributed by atoms with Gasteiger partial charge in [0.15, 0.2) is 23.0 Å². The van der Waals surface area contributed by atoms with Crippen molar-refractivity contribution in [1.82, 2.24) is 24.8 Å². The number of aromatic hydroxyl groups is 1. The van der Waals surface area contributed by atoms with Gasteiger partial charge in [0.05, 0.1) is 18.3 Å². The Morgan fingerprint density at radius 3 is 2.77 bits per heavy atom. The Morgan fingerprint density at radius 1 is 1.03 bits per heavy atom. The van der Waals surface area contributed by atoms with E-state index in [2.05, 4.69) is 20.3 Å². The van der Waals surface area contributed by atoms with Crippen LogP contribution in [0.5, 0.6) is 17.2 Å². The van der Waals surface area contributed by atoms with Crippen molar-refractivity contribution in [2.75, 3.05) is 7.11 Å². The number of pyridine rings is 1. The summed E-state index contributed by atoms with van der Waals surface area (Å²) in [5.74, 6) is 0.706. The van der Waals surface area contributed by atoms with Gasteiger partial charge in [-0.1, -0.05) is 0 Å². The Kier molecular flexibility index (Phi) is 4.55. The van der Waals surface area contributed by atoms with E-state index in [9.17, 15) is 9.50 Å². The maximum absolute atomic E-state index is 13.7. The molecule has 0 fully saturated rings. The molecule has 0 saturated carbocycles. The molecular formula is C22H16FN5O3. The molecule has 0 atom stereocenters. The molecule has 5 aromatic rings. The number of nitrogens with zero attached hydrogens (tertiary/aromatic N) is 5. The Bertz CT molecular complexity index is 1420. The number of rotatable bonds is 5. The summed E-state index contributed by atoms with van der Waals surface area (Å²) < 4.78 is 26.5. The van der Waals surface area contributed by atoms with Gasteiger partial charge in [0.2, 0.25) is 0 Å². The Labute approximate surface area is 175 Å². The Hall–Kier alpha value is -4.27. The number of benzene rings is 2. The predicted molar refractivity (Wildman–Crippen MR) is 110 cm³/mol. The van der Waals surface area contributed by atoms with E-state index in [1.54, 1.807) is 42.1 Å². The van der Waals surface area contributed by atoms with Gasteiger partial charge in [-0.15, -0.1) is 10.2 Å². The standard InChI is InChI=1S/C22H16FN5O3/c1-30-14-3-4-15-18(11-14)24-9-8-20(15)31-12-22-26-25-21-7-5-17(27-28(21)22)13-2-6-19(29)16(23)10-13/h2-11,29H,12H2,1H3. The number of ether oxygens (including phenoxy) is 2. The molecule has 8 nitrogen and oxygen atoms in total. The predicted octanol–water partition coefficient (Wildman–Crippen LogP) is 3.77. The van der Waals surface area contributed by atoms with Gasteiger partial charge in [0.25, 0.3) is 0 Å². The lowest BCUT2D eigenvalue weighted by Crippen LogP contribution is -2.05. The largest absolute Gasteiger partial charge is 0.505 e. The number of methoxy groups -OCH3 is 1. The van der Waals surface area contributed by atoms with Gasteiger partial charge in [-0.2, -0.15) is 9.61 Å². The van der Waals surface area contributed by atoms with Gasteiger partial charge in [-0.25, -0.2) is 4.39 Å². The van der Waals surface area contributed by atoms with Crippen molar-refractivity contribution in [3.63, 3.8) is 0 Å². The normalized spacial score (nSPS) is 11.2. The molecule has 0 aliphatic heterocycles. The van der Waals surface area contributed by atoms with Crippen LogP contribution in [0.1, 0.15) is 5.82 Å². The third-order valence-corrected chi connectivity index (χ3v) is 4.84. The monoisotopic (exact) mass is 417 g/mol. The Balaban J connectivity index is 1.46. The number of phenolic OH excluding ortho intramolecular Hbond substituents is 1. The number of phenols is 1. The average Bonchev–Trinajstić information content (AvgIpc) is 3.21. The molecule has 5 rings (SSSR count). The van der Waals surface area contributed by atoms with Crippen LogP contribution >= 0.6 is 0 Å². The topological polar surface area (TPSA) is 94.7 Å². The smallest absolute Gasteiger partial charge is 0.192 e. The fourth-order valence-electron chi connectivity index (χ4n) is 3.24. The Morgan fingerprint density at radius 2 is 1.94 bits per heavy atom.